The van der Waals surface area contributed by atoms with Gasteiger partial charge in [-0.3, -0.25) is 0 Å². The van der Waals surface area contributed by atoms with Crippen molar-refractivity contribution in [2.24, 2.45) is 5.92 Å². The second-order valence-electron chi connectivity index (χ2n) is 4.86. The maximum absolute atomic E-state index is 6.17. The summed E-state index contributed by atoms with van der Waals surface area (Å²) in [6.45, 7) is 12.4. The maximum atomic E-state index is 6.17. The quantitative estimate of drug-likeness (QED) is 0.611. The van der Waals surface area contributed by atoms with Crippen LogP contribution in [-0.4, -0.2) is 13.3 Å². The van der Waals surface area contributed by atoms with Gasteiger partial charge in [-0.25, -0.2) is 0 Å². The molecule has 0 fully saturated rings. The van der Waals surface area contributed by atoms with E-state index in [1.807, 2.05) is 20.8 Å². The summed E-state index contributed by atoms with van der Waals surface area (Å²) in [4.78, 5) is 0. The summed E-state index contributed by atoms with van der Waals surface area (Å²) in [7, 11) is 6.17. The van der Waals surface area contributed by atoms with Crippen molar-refractivity contribution in [3.05, 3.63) is 29.3 Å². The molecular weight excluding hydrogens is 207 g/mol. The van der Waals surface area contributed by atoms with E-state index in [0.29, 0.717) is 11.8 Å². The SMILES string of the molecule is CC.[B]C1(C)Oc2c(C)cccc2C(C)C1C. The average molecular weight is 230 g/mol. The van der Waals surface area contributed by atoms with E-state index >= 15 is 0 Å². The molecule has 0 spiro atoms. The fraction of sp³-hybridized carbons (Fsp3) is 0.600. The molecule has 2 heteroatoms. The van der Waals surface area contributed by atoms with Gasteiger partial charge in [0, 0.05) is 0 Å². The van der Waals surface area contributed by atoms with Gasteiger partial charge in [0.25, 0.3) is 0 Å². The van der Waals surface area contributed by atoms with Gasteiger partial charge >= 0.3 is 0 Å². The highest BCUT2D eigenvalue weighted by Gasteiger charge is 2.38. The molecule has 2 rings (SSSR count). The Labute approximate surface area is 107 Å². The Balaban J connectivity index is 0.000000686. The van der Waals surface area contributed by atoms with Crippen molar-refractivity contribution in [3.8, 4) is 5.75 Å². The number of para-hydroxylation sites is 1. The van der Waals surface area contributed by atoms with Gasteiger partial charge in [-0.05, 0) is 36.8 Å². The Kier molecular flexibility index (Phi) is 4.29. The van der Waals surface area contributed by atoms with E-state index in [0.717, 1.165) is 5.75 Å². The van der Waals surface area contributed by atoms with Crippen molar-refractivity contribution in [3.63, 3.8) is 0 Å². The molecule has 0 amide bonds. The summed E-state index contributed by atoms with van der Waals surface area (Å²) in [6, 6.07) is 6.29. The summed E-state index contributed by atoms with van der Waals surface area (Å²) in [5, 5.41) is 0. The lowest BCUT2D eigenvalue weighted by Gasteiger charge is -2.43. The number of rotatable bonds is 0. The topological polar surface area (TPSA) is 9.23 Å². The minimum absolute atomic E-state index is 0.326. The number of ether oxygens (including phenoxy) is 1. The van der Waals surface area contributed by atoms with Gasteiger partial charge in [0.2, 0.25) is 0 Å². The molecular formula is C15H23BO. The van der Waals surface area contributed by atoms with Crippen LogP contribution < -0.4 is 4.74 Å². The highest BCUT2D eigenvalue weighted by atomic mass is 16.5. The first kappa shape index (κ1) is 14.1. The molecule has 0 N–H and O–H groups in total. The maximum Gasteiger partial charge on any atom is 0.131 e. The third-order valence-electron chi connectivity index (χ3n) is 3.71. The van der Waals surface area contributed by atoms with E-state index in [9.17, 15) is 0 Å². The lowest BCUT2D eigenvalue weighted by atomic mass is 9.65. The molecule has 1 aromatic rings. The minimum atomic E-state index is -0.557. The van der Waals surface area contributed by atoms with Gasteiger partial charge < -0.3 is 4.74 Å². The molecule has 1 aliphatic heterocycles. The van der Waals surface area contributed by atoms with Gasteiger partial charge in [-0.2, -0.15) is 0 Å². The lowest BCUT2D eigenvalue weighted by Crippen LogP contribution is -2.45. The van der Waals surface area contributed by atoms with E-state index in [1.165, 1.54) is 11.1 Å². The number of hydrogen-bond donors (Lipinski definition) is 0. The third kappa shape index (κ3) is 2.51. The number of fused-ring (bicyclic) bond motifs is 1. The summed E-state index contributed by atoms with van der Waals surface area (Å²) >= 11 is 0. The van der Waals surface area contributed by atoms with Crippen LogP contribution in [0.25, 0.3) is 0 Å². The van der Waals surface area contributed by atoms with Gasteiger partial charge in [0.15, 0.2) is 0 Å². The Bertz CT molecular complexity index is 385. The molecule has 92 valence electrons. The van der Waals surface area contributed by atoms with Crippen LogP contribution >= 0.6 is 0 Å². The van der Waals surface area contributed by atoms with Crippen LogP contribution in [0, 0.1) is 12.8 Å². The molecule has 3 unspecified atom stereocenters. The fourth-order valence-electron chi connectivity index (χ4n) is 2.25. The highest BCUT2D eigenvalue weighted by molar-refractivity contribution is 6.14. The minimum Gasteiger partial charge on any atom is -0.497 e. The largest absolute Gasteiger partial charge is 0.497 e. The molecule has 3 atom stereocenters. The zero-order valence-corrected chi connectivity index (χ0v) is 11.9. The van der Waals surface area contributed by atoms with Gasteiger partial charge in [0.1, 0.15) is 13.6 Å². The highest BCUT2D eigenvalue weighted by Crippen LogP contribution is 2.44. The first-order chi connectivity index (χ1) is 7.93. The molecule has 0 bridgehead atoms. The normalized spacial score (nSPS) is 30.7. The Morgan fingerprint density at radius 3 is 2.41 bits per heavy atom. The van der Waals surface area contributed by atoms with Gasteiger partial charge in [-0.15, -0.1) is 0 Å². The van der Waals surface area contributed by atoms with Crippen molar-refractivity contribution in [1.82, 2.24) is 0 Å². The van der Waals surface area contributed by atoms with Crippen LogP contribution in [0.3, 0.4) is 0 Å². The van der Waals surface area contributed by atoms with Crippen LogP contribution in [0.5, 0.6) is 5.75 Å². The van der Waals surface area contributed by atoms with E-state index in [2.05, 4.69) is 39.0 Å². The third-order valence-corrected chi connectivity index (χ3v) is 3.71. The van der Waals surface area contributed by atoms with Crippen LogP contribution in [0.1, 0.15) is 51.7 Å². The van der Waals surface area contributed by atoms with Crippen molar-refractivity contribution >= 4 is 7.85 Å². The van der Waals surface area contributed by atoms with Gasteiger partial charge in [-0.1, -0.05) is 45.9 Å². The molecule has 1 nitrogen and oxygen atoms in total. The summed E-state index contributed by atoms with van der Waals surface area (Å²) in [6.07, 6.45) is 0. The van der Waals surface area contributed by atoms with E-state index in [-0.39, 0.29) is 0 Å². The molecule has 0 aromatic heterocycles. The summed E-state index contributed by atoms with van der Waals surface area (Å²) < 4.78 is 5.91. The van der Waals surface area contributed by atoms with Crippen LogP contribution in [-0.2, 0) is 0 Å². The molecule has 0 saturated carbocycles. The second kappa shape index (κ2) is 5.16. The number of benzene rings is 1. The van der Waals surface area contributed by atoms with E-state index in [4.69, 9.17) is 12.6 Å². The zero-order chi connectivity index (χ0) is 13.2. The number of hydrogen-bond acceptors (Lipinski definition) is 1. The molecule has 2 radical (unpaired) electrons. The van der Waals surface area contributed by atoms with Crippen molar-refractivity contribution in [2.45, 2.75) is 53.0 Å². The first-order valence-corrected chi connectivity index (χ1v) is 6.51. The average Bonchev–Trinajstić information content (AvgIpc) is 2.31. The molecule has 1 heterocycles. The molecule has 1 aromatic carbocycles. The monoisotopic (exact) mass is 230 g/mol. The molecule has 0 saturated heterocycles. The van der Waals surface area contributed by atoms with Gasteiger partial charge in [0.05, 0.1) is 5.50 Å². The Morgan fingerprint density at radius 1 is 1.24 bits per heavy atom. The summed E-state index contributed by atoms with van der Waals surface area (Å²) in [5.74, 6) is 1.75. The van der Waals surface area contributed by atoms with Crippen molar-refractivity contribution < 1.29 is 4.74 Å². The predicted octanol–water partition coefficient (Wildman–Crippen LogP) is 4.04. The Morgan fingerprint density at radius 2 is 1.82 bits per heavy atom. The Hall–Kier alpha value is -0.915. The smallest absolute Gasteiger partial charge is 0.131 e. The standard InChI is InChI=1S/C13H17BO.C2H6/c1-8-6-5-7-11-9(2)10(3)13(4,14)15-12(8)11;1-2/h5-7,9-10H,1-4H3;1-2H3. The van der Waals surface area contributed by atoms with E-state index in [1.54, 1.807) is 0 Å². The second-order valence-corrected chi connectivity index (χ2v) is 4.86. The predicted molar refractivity (Wildman–Crippen MR) is 74.9 cm³/mol. The van der Waals surface area contributed by atoms with Crippen LogP contribution in [0.15, 0.2) is 18.2 Å². The van der Waals surface area contributed by atoms with Crippen molar-refractivity contribution in [2.75, 3.05) is 0 Å². The number of aryl methyl sites for hydroxylation is 1. The lowest BCUT2D eigenvalue weighted by molar-refractivity contribution is 0.0803. The van der Waals surface area contributed by atoms with Crippen molar-refractivity contribution in [1.29, 1.82) is 0 Å². The zero-order valence-electron chi connectivity index (χ0n) is 11.9. The van der Waals surface area contributed by atoms with Crippen LogP contribution in [0.2, 0.25) is 0 Å². The van der Waals surface area contributed by atoms with Crippen LogP contribution in [0.4, 0.5) is 0 Å². The fourth-order valence-corrected chi connectivity index (χ4v) is 2.25. The summed E-state index contributed by atoms with van der Waals surface area (Å²) in [5.41, 5.74) is 1.90. The molecule has 0 aliphatic carbocycles. The molecule has 17 heavy (non-hydrogen) atoms. The van der Waals surface area contributed by atoms with E-state index < -0.39 is 5.50 Å². The first-order valence-electron chi connectivity index (χ1n) is 6.51. The molecule has 1 aliphatic rings.